The molecule has 7 heteroatoms. The predicted octanol–water partition coefficient (Wildman–Crippen LogP) is 1.49. The van der Waals surface area contributed by atoms with Crippen molar-refractivity contribution in [3.63, 3.8) is 0 Å². The number of hydrogen-bond donors (Lipinski definition) is 1. The van der Waals surface area contributed by atoms with Crippen LogP contribution in [0.4, 0.5) is 5.95 Å². The minimum absolute atomic E-state index is 0.0245. The zero-order valence-corrected chi connectivity index (χ0v) is 12.7. The molecule has 0 saturated carbocycles. The fraction of sp³-hybridized carbons (Fsp3) is 0. The number of rotatable bonds is 1. The van der Waals surface area contributed by atoms with Crippen LogP contribution in [-0.2, 0) is 0 Å². The fourth-order valence-corrected chi connectivity index (χ4v) is 3.00. The van der Waals surface area contributed by atoms with Gasteiger partial charge in [-0.15, -0.1) is 10.2 Å². The Morgan fingerprint density at radius 3 is 2.16 bits per heavy atom. The van der Waals surface area contributed by atoms with Crippen molar-refractivity contribution in [2.75, 3.05) is 0 Å². The third-order valence-electron chi connectivity index (χ3n) is 4.17. The Morgan fingerprint density at radius 2 is 1.44 bits per heavy atom. The van der Waals surface area contributed by atoms with Gasteiger partial charge in [0, 0.05) is 21.7 Å². The first-order valence-electron chi connectivity index (χ1n) is 7.60. The Labute approximate surface area is 139 Å². The molecule has 0 fully saturated rings. The predicted molar refractivity (Wildman–Crippen MR) is 93.3 cm³/mol. The molecule has 5 aromatic rings. The third-order valence-corrected chi connectivity index (χ3v) is 4.17. The molecule has 7 nitrogen and oxygen atoms in total. The molecule has 0 aliphatic carbocycles. The van der Waals surface area contributed by atoms with E-state index in [4.69, 9.17) is 0 Å². The summed E-state index contributed by atoms with van der Waals surface area (Å²) >= 11 is 0. The van der Waals surface area contributed by atoms with Crippen LogP contribution in [0.3, 0.4) is 0 Å². The van der Waals surface area contributed by atoms with Crippen LogP contribution in [0.15, 0.2) is 63.1 Å². The van der Waals surface area contributed by atoms with Crippen LogP contribution in [0.5, 0.6) is 0 Å². The Bertz CT molecular complexity index is 1390. The fourth-order valence-electron chi connectivity index (χ4n) is 3.00. The highest BCUT2D eigenvalue weighted by atomic mass is 16.1. The van der Waals surface area contributed by atoms with Crippen molar-refractivity contribution in [3.05, 3.63) is 74.3 Å². The van der Waals surface area contributed by atoms with Crippen molar-refractivity contribution in [2.45, 2.75) is 0 Å². The van der Waals surface area contributed by atoms with Crippen LogP contribution < -0.4 is 16.2 Å². The van der Waals surface area contributed by atoms with Crippen molar-refractivity contribution in [3.8, 4) is 0 Å². The lowest BCUT2D eigenvalue weighted by Crippen LogP contribution is -2.31. The van der Waals surface area contributed by atoms with Crippen molar-refractivity contribution in [2.24, 2.45) is 4.99 Å². The number of H-pyrrole nitrogens is 1. The molecule has 0 spiro atoms. The van der Waals surface area contributed by atoms with Gasteiger partial charge in [-0.2, -0.15) is 4.98 Å². The van der Waals surface area contributed by atoms with Gasteiger partial charge < -0.3 is 4.98 Å². The molecule has 0 radical (unpaired) electrons. The number of hydrogen-bond acceptors (Lipinski definition) is 6. The highest BCUT2D eigenvalue weighted by Gasteiger charge is 2.12. The summed E-state index contributed by atoms with van der Waals surface area (Å²) in [6.45, 7) is 0. The zero-order valence-electron chi connectivity index (χ0n) is 12.7. The Balaban J connectivity index is 1.80. The first-order chi connectivity index (χ1) is 12.2. The average Bonchev–Trinajstić information content (AvgIpc) is 3.13. The quantitative estimate of drug-likeness (QED) is 0.502. The van der Waals surface area contributed by atoms with Gasteiger partial charge >= 0.3 is 0 Å². The van der Waals surface area contributed by atoms with Crippen LogP contribution in [0, 0.1) is 0 Å². The highest BCUT2D eigenvalue weighted by Crippen LogP contribution is 2.22. The van der Waals surface area contributed by atoms with E-state index < -0.39 is 10.9 Å². The maximum atomic E-state index is 12.4. The van der Waals surface area contributed by atoms with Gasteiger partial charge in [-0.1, -0.05) is 42.5 Å². The lowest BCUT2D eigenvalue weighted by molar-refractivity contribution is 0.994. The van der Waals surface area contributed by atoms with Gasteiger partial charge in [-0.05, 0) is 6.07 Å². The molecular formula is C18H9N5O2. The molecule has 25 heavy (non-hydrogen) atoms. The second-order valence-electron chi connectivity index (χ2n) is 5.64. The lowest BCUT2D eigenvalue weighted by Gasteiger charge is -1.90. The van der Waals surface area contributed by atoms with E-state index in [0.717, 1.165) is 10.9 Å². The van der Waals surface area contributed by atoms with E-state index >= 15 is 0 Å². The summed E-state index contributed by atoms with van der Waals surface area (Å²) in [6.07, 6.45) is 0. The first-order valence-corrected chi connectivity index (χ1v) is 7.60. The smallest absolute Gasteiger partial charge is 0.271 e. The van der Waals surface area contributed by atoms with Crippen LogP contribution in [0.1, 0.15) is 0 Å². The van der Waals surface area contributed by atoms with Crippen molar-refractivity contribution in [1.82, 2.24) is 20.2 Å². The van der Waals surface area contributed by atoms with E-state index in [-0.39, 0.29) is 11.3 Å². The summed E-state index contributed by atoms with van der Waals surface area (Å²) < 4.78 is 0. The highest BCUT2D eigenvalue weighted by molar-refractivity contribution is 6.03. The molecule has 5 rings (SSSR count). The maximum absolute atomic E-state index is 12.4. The van der Waals surface area contributed by atoms with Gasteiger partial charge in [0.05, 0.1) is 0 Å². The molecule has 0 aliphatic heterocycles. The third kappa shape index (κ3) is 1.92. The van der Waals surface area contributed by atoms with Crippen molar-refractivity contribution in [1.29, 1.82) is 0 Å². The van der Waals surface area contributed by atoms with Gasteiger partial charge in [-0.25, -0.2) is 4.99 Å². The van der Waals surface area contributed by atoms with Gasteiger partial charge in [-0.3, -0.25) is 9.59 Å². The van der Waals surface area contributed by atoms with Gasteiger partial charge in [0.25, 0.3) is 5.95 Å². The molecule has 2 aromatic heterocycles. The normalized spacial score (nSPS) is 11.5. The summed E-state index contributed by atoms with van der Waals surface area (Å²) in [5.41, 5.74) is 1.17. The molecule has 0 aliphatic rings. The molecule has 0 saturated heterocycles. The second kappa shape index (κ2) is 4.88. The van der Waals surface area contributed by atoms with Gasteiger partial charge in [0.15, 0.2) is 11.0 Å². The second-order valence-corrected chi connectivity index (χ2v) is 5.64. The number of nitrogens with zero attached hydrogens (tertiary/aromatic N) is 4. The summed E-state index contributed by atoms with van der Waals surface area (Å²) in [5, 5.41) is 9.51. The van der Waals surface area contributed by atoms with Crippen LogP contribution >= 0.6 is 0 Å². The molecule has 0 bridgehead atoms. The van der Waals surface area contributed by atoms with Gasteiger partial charge in [0.1, 0.15) is 5.52 Å². The van der Waals surface area contributed by atoms with Crippen LogP contribution in [0.2, 0.25) is 0 Å². The van der Waals surface area contributed by atoms with E-state index in [0.29, 0.717) is 21.9 Å². The zero-order chi connectivity index (χ0) is 17.0. The number of fused-ring (bicyclic) bond motifs is 4. The lowest BCUT2D eigenvalue weighted by atomic mass is 10.2. The van der Waals surface area contributed by atoms with E-state index in [9.17, 15) is 9.59 Å². The first kappa shape index (κ1) is 13.7. The number of aromatic nitrogens is 4. The molecule has 1 N–H and O–H groups in total. The Kier molecular flexibility index (Phi) is 2.67. The molecule has 0 unspecified atom stereocenters. The topological polar surface area (TPSA) is 101 Å². The van der Waals surface area contributed by atoms with Crippen molar-refractivity contribution < 1.29 is 0 Å². The SMILES string of the molecule is O=c1c(=Nc2nnc3c(n2)[nH]c2ccccc23)c(=O)c2ccccc12. The van der Waals surface area contributed by atoms with Gasteiger partial charge in [0.2, 0.25) is 10.9 Å². The summed E-state index contributed by atoms with van der Waals surface area (Å²) in [4.78, 5) is 36.2. The van der Waals surface area contributed by atoms with Crippen LogP contribution in [0.25, 0.3) is 32.8 Å². The Morgan fingerprint density at radius 1 is 0.800 bits per heavy atom. The summed E-state index contributed by atoms with van der Waals surface area (Å²) in [5.74, 6) is -0.0245. The Hall–Kier alpha value is -3.74. The van der Waals surface area contributed by atoms with E-state index in [1.54, 1.807) is 24.3 Å². The molecule has 2 heterocycles. The van der Waals surface area contributed by atoms with E-state index in [2.05, 4.69) is 25.2 Å². The number of aromatic amines is 1. The maximum Gasteiger partial charge on any atom is 0.271 e. The minimum atomic E-state index is -0.416. The number of para-hydroxylation sites is 1. The molecular weight excluding hydrogens is 318 g/mol. The largest absolute Gasteiger partial charge is 0.338 e. The standard InChI is InChI=1S/C18H9N5O2/c24-15-9-5-1-2-6-10(9)16(25)14(15)20-18-21-17-13(22-23-18)11-7-3-4-8-12(11)19-17/h1-8H,(H,19,21,23). The summed E-state index contributed by atoms with van der Waals surface area (Å²) in [6, 6.07) is 14.3. The number of benzene rings is 2. The van der Waals surface area contributed by atoms with E-state index in [1.807, 2.05) is 24.3 Å². The monoisotopic (exact) mass is 327 g/mol. The van der Waals surface area contributed by atoms with E-state index in [1.165, 1.54) is 0 Å². The molecule has 0 atom stereocenters. The molecule has 0 amide bonds. The van der Waals surface area contributed by atoms with Crippen molar-refractivity contribution >= 4 is 38.8 Å². The average molecular weight is 327 g/mol. The molecule has 3 aromatic carbocycles. The molecule has 118 valence electrons. The number of nitrogens with one attached hydrogen (secondary N) is 1. The van der Waals surface area contributed by atoms with Crippen LogP contribution in [-0.4, -0.2) is 20.2 Å². The summed E-state index contributed by atoms with van der Waals surface area (Å²) in [7, 11) is 0. The minimum Gasteiger partial charge on any atom is -0.338 e.